The van der Waals surface area contributed by atoms with Crippen molar-refractivity contribution in [1.82, 2.24) is 117 Å². The molecule has 18 aromatic rings. The van der Waals surface area contributed by atoms with E-state index in [-0.39, 0.29) is 37.7 Å². The quantitative estimate of drug-likeness (QED) is 0.0445. The average molecular weight is 1810 g/mol. The van der Waals surface area contributed by atoms with Crippen molar-refractivity contribution in [1.29, 1.82) is 0 Å². The molecule has 20 rings (SSSR count). The molecule has 0 radical (unpaired) electrons. The number of aliphatic hydroxyl groups excluding tert-OH is 2. The molecule has 0 fully saturated rings. The monoisotopic (exact) mass is 1810 g/mol. The minimum Gasteiger partial charge on any atom is -0.463 e. The van der Waals surface area contributed by atoms with Crippen molar-refractivity contribution in [2.24, 2.45) is 0 Å². The van der Waals surface area contributed by atoms with Gasteiger partial charge in [0.05, 0.1) is 25.4 Å². The molecule has 0 spiro atoms. The zero-order valence-corrected chi connectivity index (χ0v) is 74.6. The van der Waals surface area contributed by atoms with E-state index in [1.165, 1.54) is 93.6 Å². The van der Waals surface area contributed by atoms with Gasteiger partial charge in [0.25, 0.3) is 34.7 Å². The summed E-state index contributed by atoms with van der Waals surface area (Å²) in [5.41, 5.74) is 20.2. The van der Waals surface area contributed by atoms with E-state index < -0.39 is 11.7 Å². The molecular weight excluding hydrogens is 1710 g/mol. The number of aryl methyl sites for hydroxylation is 10. The predicted molar refractivity (Wildman–Crippen MR) is 495 cm³/mol. The van der Waals surface area contributed by atoms with E-state index in [0.29, 0.717) is 70.5 Å². The molecule has 37 heteroatoms. The summed E-state index contributed by atoms with van der Waals surface area (Å²) in [6.45, 7) is 28.2. The van der Waals surface area contributed by atoms with Crippen molar-refractivity contribution in [2.45, 2.75) is 167 Å². The molecule has 8 N–H and O–H groups in total. The summed E-state index contributed by atoms with van der Waals surface area (Å²) in [5.74, 6) is 8.17. The molecule has 2 aliphatic rings. The molecule has 12 heterocycles. The van der Waals surface area contributed by atoms with Crippen LogP contribution in [0.25, 0.3) is 34.7 Å². The van der Waals surface area contributed by atoms with E-state index in [2.05, 4.69) is 240 Å². The second-order valence-corrected chi connectivity index (χ2v) is 33.2. The van der Waals surface area contributed by atoms with Gasteiger partial charge in [0, 0.05) is 110 Å². The molecule has 0 saturated heterocycles. The van der Waals surface area contributed by atoms with Gasteiger partial charge in [0.2, 0.25) is 0 Å². The van der Waals surface area contributed by atoms with Crippen LogP contribution in [0, 0.1) is 69.2 Å². The van der Waals surface area contributed by atoms with Crippen LogP contribution in [0.15, 0.2) is 188 Å². The first-order chi connectivity index (χ1) is 61.4. The van der Waals surface area contributed by atoms with E-state index in [0.717, 1.165) is 122 Å². The molecule has 0 aliphatic heterocycles. The maximum Gasteiger partial charge on any atom is 0.416 e. The Kier molecular flexibility index (Phi) is 27.5. The highest BCUT2D eigenvalue weighted by Gasteiger charge is 2.33. The third-order valence-corrected chi connectivity index (χ3v) is 21.5. The first-order valence-corrected chi connectivity index (χ1v) is 42.1. The summed E-state index contributed by atoms with van der Waals surface area (Å²) in [6, 6.07) is 49.9. The Hall–Kier alpha value is -14.6. The lowest BCUT2D eigenvalue weighted by Gasteiger charge is -2.22. The lowest BCUT2D eigenvalue weighted by molar-refractivity contribution is -0.138. The highest BCUT2D eigenvalue weighted by molar-refractivity contribution is 9.10. The molecule has 33 nitrogen and oxygen atoms in total. The largest absolute Gasteiger partial charge is 0.463 e. The van der Waals surface area contributed by atoms with E-state index in [1.807, 2.05) is 108 Å². The van der Waals surface area contributed by atoms with Gasteiger partial charge < -0.3 is 46.9 Å². The Morgan fingerprint density at radius 2 is 0.729 bits per heavy atom. The third kappa shape index (κ3) is 21.9. The van der Waals surface area contributed by atoms with Crippen LogP contribution < -0.4 is 36.6 Å². The van der Waals surface area contributed by atoms with Crippen LogP contribution in [0.4, 0.5) is 70.8 Å². The van der Waals surface area contributed by atoms with Gasteiger partial charge in [-0.1, -0.05) is 110 Å². The average Bonchev–Trinajstić information content (AvgIpc) is 1.65. The molecule has 2 aliphatic carbocycles. The molecule has 664 valence electrons. The number of aromatic nitrogens is 24. The number of hydrogen-bond donors (Lipinski definition) is 8. The number of rotatable bonds is 16. The molecule has 1 unspecified atom stereocenters. The second-order valence-electron chi connectivity index (χ2n) is 32.3. The van der Waals surface area contributed by atoms with Crippen LogP contribution in [-0.2, 0) is 50.5 Å². The van der Waals surface area contributed by atoms with E-state index in [9.17, 15) is 23.4 Å². The number of hydrogen-bond acceptors (Lipinski definition) is 27. The van der Waals surface area contributed by atoms with Gasteiger partial charge in [-0.25, -0.2) is 29.9 Å². The number of benzene rings is 6. The van der Waals surface area contributed by atoms with Gasteiger partial charge in [0.15, 0.2) is 0 Å². The van der Waals surface area contributed by atoms with Gasteiger partial charge in [-0.2, -0.15) is 95.7 Å². The van der Waals surface area contributed by atoms with Crippen LogP contribution in [0.5, 0.6) is 6.01 Å². The van der Waals surface area contributed by atoms with Crippen molar-refractivity contribution in [3.8, 4) is 6.01 Å². The van der Waals surface area contributed by atoms with Crippen LogP contribution in [-0.4, -0.2) is 146 Å². The summed E-state index contributed by atoms with van der Waals surface area (Å²) < 4.78 is 55.3. The minimum atomic E-state index is -4.39. The smallest absolute Gasteiger partial charge is 0.416 e. The number of fused-ring (bicyclic) bond motifs is 8. The molecule has 129 heavy (non-hydrogen) atoms. The number of nitrogens with zero attached hydrogens (tertiary/aromatic N) is 24. The van der Waals surface area contributed by atoms with E-state index in [4.69, 9.17) is 4.74 Å². The highest BCUT2D eigenvalue weighted by atomic mass is 79.9. The van der Waals surface area contributed by atoms with Crippen LogP contribution in [0.3, 0.4) is 0 Å². The number of ether oxygens (including phenoxy) is 1. The Morgan fingerprint density at radius 1 is 0.380 bits per heavy atom. The molecule has 0 saturated carbocycles. The molecule has 0 amide bonds. The fourth-order valence-corrected chi connectivity index (χ4v) is 15.5. The SMILES string of the molecule is C.CCOc1nc2nc(C)cc(Nc3ccc(C)cc3)n2n1.Cc1cc(NC2Cc3cc(CO)c(CO)cc3C2)n2ncnc2n1.Cc1cc(NC2Cc3ccc(Br)cc3C2)n2ncnc2n1.Cc1cc(Nc2ccc(C(C)(C)C)c(C)c2)n2ncnc2n1.Cc1cc(Nc2ccc(C)c(C(F)(F)F)c2)n2ncnc2n1.Cc1ccc(Nc2cc(C)nc3ncnn23)cc1. The summed E-state index contributed by atoms with van der Waals surface area (Å²) in [5, 5.41) is 64.2. The van der Waals surface area contributed by atoms with E-state index in [1.54, 1.807) is 41.6 Å². The van der Waals surface area contributed by atoms with Gasteiger partial charge in [-0.05, 0) is 218 Å². The lowest BCUT2D eigenvalue weighted by Crippen LogP contribution is -2.21. The number of alkyl halides is 3. The van der Waals surface area contributed by atoms with Crippen molar-refractivity contribution in [3.05, 3.63) is 289 Å². The predicted octanol–water partition coefficient (Wildman–Crippen LogP) is 17.1. The summed E-state index contributed by atoms with van der Waals surface area (Å²) in [4.78, 5) is 50.7. The normalized spacial score (nSPS) is 12.8. The highest BCUT2D eigenvalue weighted by Crippen LogP contribution is 2.36. The Balaban J connectivity index is 0.000000125. The fourth-order valence-electron chi connectivity index (χ4n) is 15.1. The topological polar surface area (TPSA) is 380 Å². The standard InChI is InChI=1S/C17H19N5O2.C17H21N5.C15H14BrN5.C15H17N5O.C14H12F3N5.C13H13N5.CH4/c1-10-2-16(22-17(20-10)18-9-19-22)21-15-5-11-3-13(7-23)14(8-24)4-12(11)6-15;1-11-8-13(6-7-14(11)17(3,4)5)21-15-9-12(2)20-16-18-10-19-22(15)16;1-9-4-14(21-15(19-9)17-8-18-21)20-13-6-10-2-3-12(16)5-11(10)7-13;1-4-21-15-18-14-16-11(3)9-13(20(14)19-15)17-12-7-5-10(2)6-8-12;1-8-3-4-10(6-11(8)14(15,16)17)21-12-5-9(2)20-13-18-7-19-22(12)13;1-9-3-5-11(6-4-9)17-12-7-10(2)16-13-14-8-15-18(12)13;/h2-4,9,15,21,23-24H,5-8H2,1H3;6-10,21H,1-5H3;2-5,8,13,20H,6-7H2,1H3;5-9,17H,4H2,1-3H3;3-7,21H,1-2H3;3-8,17H,1-2H3;1H4. The zero-order chi connectivity index (χ0) is 90.2. The maximum atomic E-state index is 13.0. The first-order valence-electron chi connectivity index (χ1n) is 41.3. The Labute approximate surface area is 749 Å². The van der Waals surface area contributed by atoms with Gasteiger partial charge in [-0.15, -0.1) is 5.10 Å². The second kappa shape index (κ2) is 39.1. The Morgan fingerprint density at radius 3 is 1.12 bits per heavy atom. The van der Waals surface area contributed by atoms with Crippen LogP contribution in [0.1, 0.15) is 136 Å². The summed E-state index contributed by atoms with van der Waals surface area (Å²) in [7, 11) is 0. The maximum absolute atomic E-state index is 13.0. The number of aliphatic hydroxyl groups is 2. The summed E-state index contributed by atoms with van der Waals surface area (Å²) >= 11 is 3.54. The van der Waals surface area contributed by atoms with Crippen LogP contribution >= 0.6 is 15.9 Å². The molecule has 1 atom stereocenters. The van der Waals surface area contributed by atoms with Crippen LogP contribution in [0.2, 0.25) is 0 Å². The van der Waals surface area contributed by atoms with Crippen molar-refractivity contribution < 1.29 is 28.1 Å². The van der Waals surface area contributed by atoms with Crippen molar-refractivity contribution in [2.75, 3.05) is 38.5 Å². The van der Waals surface area contributed by atoms with E-state index >= 15 is 0 Å². The summed E-state index contributed by atoms with van der Waals surface area (Å²) in [6.07, 6.45) is 6.78. The van der Waals surface area contributed by atoms with Crippen molar-refractivity contribution >= 4 is 108 Å². The molecular formula is C92H100BrF3N30O3. The Bertz CT molecular complexity index is 6970. The first kappa shape index (κ1) is 90.6. The third-order valence-electron chi connectivity index (χ3n) is 21.0. The zero-order valence-electron chi connectivity index (χ0n) is 73.0. The minimum absolute atomic E-state index is 0. The molecule has 6 aromatic carbocycles. The van der Waals surface area contributed by atoms with Gasteiger partial charge in [-0.3, -0.25) is 0 Å². The number of halogens is 4. The number of anilines is 10. The van der Waals surface area contributed by atoms with Crippen molar-refractivity contribution in [3.63, 3.8) is 0 Å². The van der Waals surface area contributed by atoms with Gasteiger partial charge >= 0.3 is 12.2 Å². The number of nitrogens with one attached hydrogen (secondary N) is 6. The van der Waals surface area contributed by atoms with Gasteiger partial charge in [0.1, 0.15) is 66.5 Å². The molecule has 0 bridgehead atoms. The lowest BCUT2D eigenvalue weighted by atomic mass is 9.84. The molecule has 12 aromatic heterocycles. The fraction of sp³-hybridized carbons (Fsp3) is 0.283.